The third-order valence-corrected chi connectivity index (χ3v) is 10.7. The maximum Gasteiger partial charge on any atom is 0.325 e. The monoisotopic (exact) mass is 603 g/mol. The molecule has 10 nitrogen and oxygen atoms in total. The van der Waals surface area contributed by atoms with E-state index in [2.05, 4.69) is 17.0 Å². The Hall–Kier alpha value is -3.38. The van der Waals surface area contributed by atoms with Gasteiger partial charge in [-0.05, 0) is 62.1 Å². The maximum atomic E-state index is 13.6. The lowest BCUT2D eigenvalue weighted by molar-refractivity contribution is -0.147. The molecule has 2 aromatic rings. The first-order valence-electron chi connectivity index (χ1n) is 14.3. The number of oxime groups is 1. The van der Waals surface area contributed by atoms with Crippen LogP contribution >= 0.6 is 0 Å². The van der Waals surface area contributed by atoms with Crippen LogP contribution in [0.3, 0.4) is 0 Å². The van der Waals surface area contributed by atoms with E-state index in [0.29, 0.717) is 44.3 Å². The number of rotatable bonds is 9. The Labute approximate surface area is 245 Å². The zero-order chi connectivity index (χ0) is 30.3. The van der Waals surface area contributed by atoms with Crippen LogP contribution in [0.5, 0.6) is 11.5 Å². The van der Waals surface area contributed by atoms with Crippen LogP contribution in [0.4, 0.5) is 4.39 Å². The first kappa shape index (κ1) is 30.1. The molecule has 0 amide bonds. The maximum absolute atomic E-state index is 13.6. The normalized spacial score (nSPS) is 21.4. The summed E-state index contributed by atoms with van der Waals surface area (Å²) < 4.78 is 48.5. The van der Waals surface area contributed by atoms with Crippen LogP contribution in [-0.2, 0) is 26.0 Å². The number of benzene rings is 2. The highest BCUT2D eigenvalue weighted by atomic mass is 32.2. The minimum absolute atomic E-state index is 0.00424. The Bertz CT molecular complexity index is 1440. The van der Waals surface area contributed by atoms with Crippen molar-refractivity contribution in [1.29, 1.82) is 0 Å². The van der Waals surface area contributed by atoms with E-state index >= 15 is 0 Å². The first-order chi connectivity index (χ1) is 19.9. The Morgan fingerprint density at radius 1 is 1.10 bits per heavy atom. The highest BCUT2D eigenvalue weighted by Crippen LogP contribution is 2.44. The lowest BCUT2D eigenvalue weighted by Gasteiger charge is -2.48. The molecule has 1 spiro atoms. The molecule has 1 atom stereocenters. The van der Waals surface area contributed by atoms with Gasteiger partial charge in [0.05, 0.1) is 24.7 Å². The summed E-state index contributed by atoms with van der Waals surface area (Å²) in [6, 6.07) is 10.3. The smallest absolute Gasteiger partial charge is 0.325 e. The largest absolute Gasteiger partial charge is 0.493 e. The fourth-order valence-electron chi connectivity index (χ4n) is 6.29. The molecule has 0 aliphatic carbocycles. The predicted octanol–water partition coefficient (Wildman–Crippen LogP) is 3.79. The number of hydrogen-bond acceptors (Lipinski definition) is 9. The number of carboxylic acids is 1. The Balaban J connectivity index is 1.27. The summed E-state index contributed by atoms with van der Waals surface area (Å²) in [6.07, 6.45) is 1.01. The molecule has 3 aliphatic heterocycles. The van der Waals surface area contributed by atoms with E-state index in [1.165, 1.54) is 12.1 Å². The molecule has 0 bridgehead atoms. The Morgan fingerprint density at radius 3 is 2.17 bits per heavy atom. The van der Waals surface area contributed by atoms with E-state index in [-0.39, 0.29) is 37.7 Å². The third-order valence-electron chi connectivity index (χ3n) is 8.74. The summed E-state index contributed by atoms with van der Waals surface area (Å²) in [7, 11) is -3.77. The van der Waals surface area contributed by atoms with E-state index in [0.717, 1.165) is 28.8 Å². The molecule has 5 rings (SSSR count). The zero-order valence-corrected chi connectivity index (χ0v) is 25.2. The summed E-state index contributed by atoms with van der Waals surface area (Å²) >= 11 is 0. The molecule has 0 aromatic heterocycles. The van der Waals surface area contributed by atoms with Gasteiger partial charge in [-0.3, -0.25) is 9.69 Å². The third kappa shape index (κ3) is 5.30. The number of carbonyl (C=O) groups is 1. The van der Waals surface area contributed by atoms with Gasteiger partial charge in [-0.25, -0.2) is 12.8 Å². The number of amidine groups is 1. The molecule has 1 N–H and O–H groups in total. The van der Waals surface area contributed by atoms with Gasteiger partial charge in [0.1, 0.15) is 17.3 Å². The lowest BCUT2D eigenvalue weighted by atomic mass is 9.80. The van der Waals surface area contributed by atoms with Crippen molar-refractivity contribution in [3.8, 4) is 22.6 Å². The molecule has 3 heterocycles. The van der Waals surface area contributed by atoms with Gasteiger partial charge in [-0.2, -0.15) is 0 Å². The number of piperidine rings is 1. The molecule has 2 aromatic carbocycles. The molecule has 1 unspecified atom stereocenters. The lowest BCUT2D eigenvalue weighted by Crippen LogP contribution is -2.65. The van der Waals surface area contributed by atoms with Gasteiger partial charge in [0, 0.05) is 39.0 Å². The second kappa shape index (κ2) is 11.4. The first-order valence-corrected chi connectivity index (χ1v) is 16.2. The zero-order valence-electron chi connectivity index (χ0n) is 24.4. The van der Waals surface area contributed by atoms with Crippen LogP contribution in [0.1, 0.15) is 39.2 Å². The minimum atomic E-state index is -3.77. The molecule has 12 heteroatoms. The van der Waals surface area contributed by atoms with Crippen molar-refractivity contribution in [2.24, 2.45) is 11.1 Å². The number of halogens is 1. The average Bonchev–Trinajstić information content (AvgIpc) is 3.26. The van der Waals surface area contributed by atoms with Gasteiger partial charge >= 0.3 is 5.97 Å². The van der Waals surface area contributed by atoms with Gasteiger partial charge in [-0.1, -0.05) is 24.2 Å². The topological polar surface area (TPSA) is 118 Å². The molecular weight excluding hydrogens is 565 g/mol. The highest BCUT2D eigenvalue weighted by molar-refractivity contribution is 7.92. The quantitative estimate of drug-likeness (QED) is 0.457. The van der Waals surface area contributed by atoms with Crippen LogP contribution < -0.4 is 9.47 Å². The molecular formula is C30H38FN3O7S. The van der Waals surface area contributed by atoms with E-state index in [4.69, 9.17) is 14.3 Å². The van der Waals surface area contributed by atoms with Crippen molar-refractivity contribution in [2.45, 2.75) is 50.5 Å². The highest BCUT2D eigenvalue weighted by Gasteiger charge is 2.57. The summed E-state index contributed by atoms with van der Waals surface area (Å²) in [6.45, 7) is 9.32. The molecule has 0 radical (unpaired) electrons. The summed E-state index contributed by atoms with van der Waals surface area (Å²) in [5.41, 5.74) is 2.12. The van der Waals surface area contributed by atoms with Gasteiger partial charge in [0.15, 0.2) is 26.0 Å². The second-order valence-electron chi connectivity index (χ2n) is 11.4. The molecule has 0 saturated carbocycles. The number of sulfone groups is 1. The van der Waals surface area contributed by atoms with Crippen molar-refractivity contribution >= 4 is 21.6 Å². The number of carboxylic acid groups (broad SMARTS) is 1. The molecule has 42 heavy (non-hydrogen) atoms. The van der Waals surface area contributed by atoms with Crippen LogP contribution in [0.2, 0.25) is 0 Å². The molecule has 2 saturated heterocycles. The number of ether oxygens (including phenoxy) is 2. The summed E-state index contributed by atoms with van der Waals surface area (Å²) in [5.74, 6) is 0.447. The Morgan fingerprint density at radius 2 is 1.67 bits per heavy atom. The fraction of sp³-hybridized carbons (Fsp3) is 0.533. The fourth-order valence-corrected chi connectivity index (χ4v) is 7.53. The second-order valence-corrected chi connectivity index (χ2v) is 13.7. The van der Waals surface area contributed by atoms with Crippen molar-refractivity contribution in [3.63, 3.8) is 0 Å². The van der Waals surface area contributed by atoms with Crippen LogP contribution in [-0.4, -0.2) is 91.1 Å². The molecule has 3 aliphatic rings. The van der Waals surface area contributed by atoms with E-state index in [1.54, 1.807) is 12.1 Å². The SMILES string of the molecule is CCOc1cc(CN2CC3(C2)ON=C(N2CCC(C(=O)O)(S(C)(=O)=O)CC2)C3C)cc(OCC)c1-c1ccc(F)cc1. The van der Waals surface area contributed by atoms with Gasteiger partial charge in [0.2, 0.25) is 0 Å². The average molecular weight is 604 g/mol. The molecule has 228 valence electrons. The summed E-state index contributed by atoms with van der Waals surface area (Å²) in [5, 5.41) is 14.1. The van der Waals surface area contributed by atoms with E-state index < -0.39 is 26.2 Å². The van der Waals surface area contributed by atoms with Crippen LogP contribution in [0.15, 0.2) is 41.6 Å². The Kier molecular flexibility index (Phi) is 8.14. The van der Waals surface area contributed by atoms with Gasteiger partial charge in [-0.15, -0.1) is 0 Å². The van der Waals surface area contributed by atoms with Crippen molar-refractivity contribution in [1.82, 2.24) is 9.80 Å². The van der Waals surface area contributed by atoms with Crippen molar-refractivity contribution in [3.05, 3.63) is 47.8 Å². The number of nitrogens with zero attached hydrogens (tertiary/aromatic N) is 3. The molecule has 2 fully saturated rings. The van der Waals surface area contributed by atoms with Crippen molar-refractivity contribution in [2.75, 3.05) is 45.6 Å². The van der Waals surface area contributed by atoms with Gasteiger partial charge < -0.3 is 24.3 Å². The van der Waals surface area contributed by atoms with Gasteiger partial charge in [0.25, 0.3) is 0 Å². The number of likely N-dealkylation sites (tertiary alicyclic amines) is 2. The number of hydrogen-bond donors (Lipinski definition) is 1. The van der Waals surface area contributed by atoms with Crippen LogP contribution in [0.25, 0.3) is 11.1 Å². The van der Waals surface area contributed by atoms with Crippen LogP contribution in [0, 0.1) is 11.7 Å². The van der Waals surface area contributed by atoms with E-state index in [1.807, 2.05) is 30.9 Å². The van der Waals surface area contributed by atoms with Crippen molar-refractivity contribution < 1.29 is 37.0 Å². The van der Waals surface area contributed by atoms with E-state index in [9.17, 15) is 22.7 Å². The predicted molar refractivity (Wildman–Crippen MR) is 156 cm³/mol. The number of aliphatic carboxylic acids is 1. The summed E-state index contributed by atoms with van der Waals surface area (Å²) in [4.78, 5) is 22.1. The standard InChI is InChI=1S/C30H38FN3O7S/c1-5-39-24-15-21(16-25(40-6-2)26(24)22-7-9-23(31)10-8-22)17-33-18-29(19-33)20(3)27(32-41-29)34-13-11-30(12-14-34,28(35)36)42(4,37)38/h7-10,15-16,20H,5-6,11-14,17-19H2,1-4H3,(H,35,36). The minimum Gasteiger partial charge on any atom is -0.493 e.